The van der Waals surface area contributed by atoms with E-state index in [1.165, 1.54) is 23.8 Å². The van der Waals surface area contributed by atoms with E-state index in [2.05, 4.69) is 50.4 Å². The van der Waals surface area contributed by atoms with Gasteiger partial charge in [-0.3, -0.25) is 0 Å². The van der Waals surface area contributed by atoms with Gasteiger partial charge in [0.1, 0.15) is 11.3 Å². The van der Waals surface area contributed by atoms with Crippen molar-refractivity contribution in [3.05, 3.63) is 35.6 Å². The predicted octanol–water partition coefficient (Wildman–Crippen LogP) is 3.99. The van der Waals surface area contributed by atoms with E-state index in [0.29, 0.717) is 12.0 Å². The first-order valence-electron chi connectivity index (χ1n) is 6.89. The second-order valence-corrected chi connectivity index (χ2v) is 5.71. The molecule has 1 heterocycles. The summed E-state index contributed by atoms with van der Waals surface area (Å²) in [7, 11) is 0. The molecule has 18 heavy (non-hydrogen) atoms. The molecular weight excluding hydrogens is 222 g/mol. The highest BCUT2D eigenvalue weighted by atomic mass is 16.3. The molecule has 1 aromatic carbocycles. The van der Waals surface area contributed by atoms with Crippen LogP contribution < -0.4 is 5.32 Å². The van der Waals surface area contributed by atoms with Crippen molar-refractivity contribution in [2.45, 2.75) is 51.6 Å². The lowest BCUT2D eigenvalue weighted by Gasteiger charge is -2.19. The van der Waals surface area contributed by atoms with Gasteiger partial charge in [-0.05, 0) is 44.9 Å². The summed E-state index contributed by atoms with van der Waals surface area (Å²) in [6, 6.07) is 9.77. The Morgan fingerprint density at radius 3 is 2.72 bits per heavy atom. The van der Waals surface area contributed by atoms with Crippen LogP contribution in [0.5, 0.6) is 0 Å². The van der Waals surface area contributed by atoms with Crippen LogP contribution in [0.15, 0.2) is 28.7 Å². The molecule has 2 atom stereocenters. The van der Waals surface area contributed by atoms with Crippen LogP contribution in [0.1, 0.15) is 43.9 Å². The molecule has 96 valence electrons. The summed E-state index contributed by atoms with van der Waals surface area (Å²) < 4.78 is 5.97. The van der Waals surface area contributed by atoms with Gasteiger partial charge in [-0.15, -0.1) is 0 Å². The maximum absolute atomic E-state index is 5.97. The number of aryl methyl sites for hydroxylation is 1. The van der Waals surface area contributed by atoms with Crippen molar-refractivity contribution in [1.82, 2.24) is 5.32 Å². The van der Waals surface area contributed by atoms with Crippen LogP contribution in [0.2, 0.25) is 0 Å². The number of rotatable bonds is 4. The van der Waals surface area contributed by atoms with E-state index >= 15 is 0 Å². The van der Waals surface area contributed by atoms with Gasteiger partial charge in [-0.2, -0.15) is 0 Å². The Hall–Kier alpha value is -1.28. The average molecular weight is 243 g/mol. The molecule has 2 unspecified atom stereocenters. The van der Waals surface area contributed by atoms with Gasteiger partial charge >= 0.3 is 0 Å². The summed E-state index contributed by atoms with van der Waals surface area (Å²) in [6.07, 6.45) is 2.66. The SMILES string of the molecule is Cc1ccc2oc(C(C)C(C)NC3CC3)cc2c1. The minimum absolute atomic E-state index is 0.415. The zero-order chi connectivity index (χ0) is 12.7. The first kappa shape index (κ1) is 11.8. The van der Waals surface area contributed by atoms with Crippen molar-refractivity contribution < 1.29 is 4.42 Å². The molecule has 0 amide bonds. The smallest absolute Gasteiger partial charge is 0.134 e. The van der Waals surface area contributed by atoms with Crippen LogP contribution in [0.3, 0.4) is 0 Å². The number of hydrogen-bond donors (Lipinski definition) is 1. The highest BCUT2D eigenvalue weighted by Crippen LogP contribution is 2.29. The highest BCUT2D eigenvalue weighted by molar-refractivity contribution is 5.78. The maximum Gasteiger partial charge on any atom is 0.134 e. The molecule has 3 rings (SSSR count). The van der Waals surface area contributed by atoms with E-state index in [1.807, 2.05) is 0 Å². The number of hydrogen-bond acceptors (Lipinski definition) is 2. The largest absolute Gasteiger partial charge is 0.461 e. The Labute approximate surface area is 108 Å². The molecule has 1 aromatic heterocycles. The normalized spacial score (nSPS) is 19.1. The standard InChI is InChI=1S/C16H21NO/c1-10-4-7-15-13(8-10)9-16(18-15)11(2)12(3)17-14-5-6-14/h4,7-9,11-12,14,17H,5-6H2,1-3H3. The van der Waals surface area contributed by atoms with E-state index < -0.39 is 0 Å². The lowest BCUT2D eigenvalue weighted by molar-refractivity contribution is 0.414. The summed E-state index contributed by atoms with van der Waals surface area (Å²) >= 11 is 0. The summed E-state index contributed by atoms with van der Waals surface area (Å²) in [5, 5.41) is 4.87. The Morgan fingerprint density at radius 1 is 1.22 bits per heavy atom. The summed E-state index contributed by atoms with van der Waals surface area (Å²) in [6.45, 7) is 6.61. The van der Waals surface area contributed by atoms with E-state index in [4.69, 9.17) is 4.42 Å². The number of furan rings is 1. The van der Waals surface area contributed by atoms with Crippen LogP contribution in [-0.4, -0.2) is 12.1 Å². The van der Waals surface area contributed by atoms with E-state index in [9.17, 15) is 0 Å². The van der Waals surface area contributed by atoms with E-state index in [1.54, 1.807) is 0 Å². The molecule has 2 aromatic rings. The molecular formula is C16H21NO. The molecule has 2 heteroatoms. The van der Waals surface area contributed by atoms with Crippen molar-refractivity contribution >= 4 is 11.0 Å². The monoisotopic (exact) mass is 243 g/mol. The van der Waals surface area contributed by atoms with Crippen molar-refractivity contribution in [1.29, 1.82) is 0 Å². The van der Waals surface area contributed by atoms with Gasteiger partial charge < -0.3 is 9.73 Å². The molecule has 0 saturated heterocycles. The minimum atomic E-state index is 0.415. The third-order valence-electron chi connectivity index (χ3n) is 3.97. The number of benzene rings is 1. The predicted molar refractivity (Wildman–Crippen MR) is 75.0 cm³/mol. The van der Waals surface area contributed by atoms with Crippen LogP contribution >= 0.6 is 0 Å². The molecule has 0 radical (unpaired) electrons. The Kier molecular flexibility index (Phi) is 2.90. The quantitative estimate of drug-likeness (QED) is 0.878. The van der Waals surface area contributed by atoms with Crippen molar-refractivity contribution in [2.24, 2.45) is 0 Å². The number of nitrogens with one attached hydrogen (secondary N) is 1. The molecule has 1 N–H and O–H groups in total. The summed E-state index contributed by atoms with van der Waals surface area (Å²) in [5.74, 6) is 1.51. The highest BCUT2D eigenvalue weighted by Gasteiger charge is 2.26. The fraction of sp³-hybridized carbons (Fsp3) is 0.500. The van der Waals surface area contributed by atoms with Gasteiger partial charge in [0, 0.05) is 23.4 Å². The average Bonchev–Trinajstić information content (AvgIpc) is 3.05. The molecule has 1 aliphatic rings. The maximum atomic E-state index is 5.97. The third-order valence-corrected chi connectivity index (χ3v) is 3.97. The van der Waals surface area contributed by atoms with E-state index in [-0.39, 0.29) is 0 Å². The Bertz CT molecular complexity index is 553. The zero-order valence-electron chi connectivity index (χ0n) is 11.4. The fourth-order valence-corrected chi connectivity index (χ4v) is 2.42. The lowest BCUT2D eigenvalue weighted by atomic mass is 10.0. The Morgan fingerprint density at radius 2 is 2.00 bits per heavy atom. The fourth-order valence-electron chi connectivity index (χ4n) is 2.42. The topological polar surface area (TPSA) is 25.2 Å². The molecule has 2 nitrogen and oxygen atoms in total. The van der Waals surface area contributed by atoms with Gasteiger partial charge in [-0.1, -0.05) is 18.6 Å². The first-order valence-corrected chi connectivity index (χ1v) is 6.89. The molecule has 1 fully saturated rings. The summed E-state index contributed by atoms with van der Waals surface area (Å²) in [5.41, 5.74) is 2.28. The molecule has 1 aliphatic carbocycles. The third kappa shape index (κ3) is 2.30. The second-order valence-electron chi connectivity index (χ2n) is 5.71. The van der Waals surface area contributed by atoms with Crippen molar-refractivity contribution in [2.75, 3.05) is 0 Å². The molecule has 0 bridgehead atoms. The number of fused-ring (bicyclic) bond motifs is 1. The van der Waals surface area contributed by atoms with Crippen molar-refractivity contribution in [3.8, 4) is 0 Å². The van der Waals surface area contributed by atoms with Gasteiger partial charge in [0.25, 0.3) is 0 Å². The minimum Gasteiger partial charge on any atom is -0.461 e. The molecule has 0 aliphatic heterocycles. The van der Waals surface area contributed by atoms with Crippen LogP contribution in [0.25, 0.3) is 11.0 Å². The van der Waals surface area contributed by atoms with Crippen LogP contribution in [-0.2, 0) is 0 Å². The van der Waals surface area contributed by atoms with Crippen LogP contribution in [0, 0.1) is 6.92 Å². The van der Waals surface area contributed by atoms with E-state index in [0.717, 1.165) is 17.4 Å². The molecule has 1 saturated carbocycles. The van der Waals surface area contributed by atoms with Crippen LogP contribution in [0.4, 0.5) is 0 Å². The van der Waals surface area contributed by atoms with Gasteiger partial charge in [0.15, 0.2) is 0 Å². The van der Waals surface area contributed by atoms with Gasteiger partial charge in [-0.25, -0.2) is 0 Å². The van der Waals surface area contributed by atoms with Gasteiger partial charge in [0.05, 0.1) is 0 Å². The second kappa shape index (κ2) is 4.43. The molecule has 0 spiro atoms. The van der Waals surface area contributed by atoms with Crippen molar-refractivity contribution in [3.63, 3.8) is 0 Å². The lowest BCUT2D eigenvalue weighted by Crippen LogP contribution is -2.32. The zero-order valence-corrected chi connectivity index (χ0v) is 11.4. The first-order chi connectivity index (χ1) is 8.63. The summed E-state index contributed by atoms with van der Waals surface area (Å²) in [4.78, 5) is 0. The van der Waals surface area contributed by atoms with Gasteiger partial charge in [0.2, 0.25) is 0 Å². The Balaban J connectivity index is 1.83.